The number of benzene rings is 2. The second-order valence-corrected chi connectivity index (χ2v) is 7.62. The summed E-state index contributed by atoms with van der Waals surface area (Å²) >= 11 is 1.18. The predicted octanol–water partition coefficient (Wildman–Crippen LogP) is 4.46. The highest BCUT2D eigenvalue weighted by Crippen LogP contribution is 2.34. The molecule has 2 aromatic heterocycles. The van der Waals surface area contributed by atoms with Crippen LogP contribution in [-0.2, 0) is 6.42 Å². The van der Waals surface area contributed by atoms with Crippen molar-refractivity contribution < 1.29 is 13.3 Å². The number of thioether (sulfide) groups is 1. The van der Waals surface area contributed by atoms with Crippen LogP contribution in [0.4, 0.5) is 8.78 Å². The van der Waals surface area contributed by atoms with Crippen LogP contribution >= 0.6 is 11.8 Å². The summed E-state index contributed by atoms with van der Waals surface area (Å²) in [6, 6.07) is 9.85. The number of hydrogen-bond donors (Lipinski definition) is 0. The lowest BCUT2D eigenvalue weighted by Crippen LogP contribution is -2.23. The number of nitrogens with zero attached hydrogens (tertiary/aromatic N) is 4. The average molecular weight is 414 g/mol. The molecule has 1 atom stereocenters. The number of rotatable bonds is 5. The molecule has 1 unspecified atom stereocenters. The molecule has 0 N–H and O–H groups in total. The van der Waals surface area contributed by atoms with Gasteiger partial charge in [-0.05, 0) is 31.2 Å². The van der Waals surface area contributed by atoms with Crippen LogP contribution in [0.1, 0.15) is 30.8 Å². The Balaban J connectivity index is 1.88. The number of halogens is 2. The van der Waals surface area contributed by atoms with Crippen LogP contribution in [-0.4, -0.2) is 19.7 Å². The maximum absolute atomic E-state index is 14.5. The van der Waals surface area contributed by atoms with Gasteiger partial charge in [-0.1, -0.05) is 36.0 Å². The number of hydrogen-bond acceptors (Lipinski definition) is 6. The Morgan fingerprint density at radius 2 is 1.97 bits per heavy atom. The quantitative estimate of drug-likeness (QED) is 0.355. The van der Waals surface area contributed by atoms with Crippen LogP contribution in [0.3, 0.4) is 0 Å². The van der Waals surface area contributed by atoms with E-state index in [2.05, 4.69) is 15.1 Å². The summed E-state index contributed by atoms with van der Waals surface area (Å²) in [4.78, 5) is 22.0. The Morgan fingerprint density at radius 1 is 1.17 bits per heavy atom. The first kappa shape index (κ1) is 19.3. The van der Waals surface area contributed by atoms with E-state index in [9.17, 15) is 13.6 Å². The molecule has 0 saturated heterocycles. The monoisotopic (exact) mass is 414 g/mol. The van der Waals surface area contributed by atoms with Gasteiger partial charge in [0.15, 0.2) is 11.0 Å². The van der Waals surface area contributed by atoms with Gasteiger partial charge in [-0.25, -0.2) is 13.8 Å². The number of fused-ring (bicyclic) bond motifs is 1. The minimum Gasteiger partial charge on any atom is -0.338 e. The average Bonchev–Trinajstić information content (AvgIpc) is 3.19. The molecule has 148 valence electrons. The maximum atomic E-state index is 14.5. The first-order valence-electron chi connectivity index (χ1n) is 8.94. The number of para-hydroxylation sites is 1. The zero-order valence-corrected chi connectivity index (χ0v) is 16.4. The molecule has 29 heavy (non-hydrogen) atoms. The van der Waals surface area contributed by atoms with Crippen molar-refractivity contribution in [3.63, 3.8) is 0 Å². The highest BCUT2D eigenvalue weighted by molar-refractivity contribution is 7.99. The zero-order chi connectivity index (χ0) is 20.5. The minimum absolute atomic E-state index is 0.0795. The summed E-state index contributed by atoms with van der Waals surface area (Å²) in [5, 5.41) is 4.11. The summed E-state index contributed by atoms with van der Waals surface area (Å²) in [5.74, 6) is -0.639. The molecular formula is C20H16F2N4O2S. The highest BCUT2D eigenvalue weighted by atomic mass is 32.2. The summed E-state index contributed by atoms with van der Waals surface area (Å²) in [6.45, 7) is 3.73. The van der Waals surface area contributed by atoms with Crippen LogP contribution in [0.5, 0.6) is 0 Å². The molecule has 0 aliphatic carbocycles. The van der Waals surface area contributed by atoms with Gasteiger partial charge in [-0.2, -0.15) is 4.98 Å². The topological polar surface area (TPSA) is 73.8 Å². The van der Waals surface area contributed by atoms with Gasteiger partial charge in [0.05, 0.1) is 21.8 Å². The van der Waals surface area contributed by atoms with Gasteiger partial charge in [0, 0.05) is 12.5 Å². The van der Waals surface area contributed by atoms with Gasteiger partial charge >= 0.3 is 0 Å². The Bertz CT molecular complexity index is 1250. The van der Waals surface area contributed by atoms with Gasteiger partial charge in [0.25, 0.3) is 5.56 Å². The second kappa shape index (κ2) is 7.75. The summed E-state index contributed by atoms with van der Waals surface area (Å²) in [5.41, 5.74) is -0.0505. The molecule has 0 fully saturated rings. The van der Waals surface area contributed by atoms with E-state index >= 15 is 0 Å². The van der Waals surface area contributed by atoms with Crippen molar-refractivity contribution >= 4 is 22.7 Å². The highest BCUT2D eigenvalue weighted by Gasteiger charge is 2.22. The van der Waals surface area contributed by atoms with E-state index in [0.717, 1.165) is 16.7 Å². The molecule has 0 bridgehead atoms. The largest absolute Gasteiger partial charge is 0.338 e. The van der Waals surface area contributed by atoms with E-state index < -0.39 is 17.2 Å². The lowest BCUT2D eigenvalue weighted by Gasteiger charge is -2.15. The van der Waals surface area contributed by atoms with Crippen LogP contribution in [0.15, 0.2) is 56.9 Å². The number of aromatic nitrogens is 4. The molecule has 0 aliphatic heterocycles. The zero-order valence-electron chi connectivity index (χ0n) is 15.6. The molecule has 0 radical (unpaired) electrons. The Labute approximate surface area is 168 Å². The van der Waals surface area contributed by atoms with E-state index in [0.29, 0.717) is 29.0 Å². The first-order chi connectivity index (χ1) is 14.0. The van der Waals surface area contributed by atoms with Crippen molar-refractivity contribution in [3.8, 4) is 5.69 Å². The van der Waals surface area contributed by atoms with E-state index in [-0.39, 0.29) is 16.1 Å². The van der Waals surface area contributed by atoms with Crippen LogP contribution in [0.2, 0.25) is 0 Å². The second-order valence-electron chi connectivity index (χ2n) is 6.31. The maximum Gasteiger partial charge on any atom is 0.266 e. The minimum atomic E-state index is -0.857. The van der Waals surface area contributed by atoms with E-state index in [1.807, 2.05) is 13.8 Å². The Morgan fingerprint density at radius 3 is 2.69 bits per heavy atom. The summed E-state index contributed by atoms with van der Waals surface area (Å²) in [6.07, 6.45) is 0.626. The third kappa shape index (κ3) is 3.65. The molecule has 0 saturated carbocycles. The van der Waals surface area contributed by atoms with Gasteiger partial charge in [0.1, 0.15) is 11.6 Å². The predicted molar refractivity (Wildman–Crippen MR) is 105 cm³/mol. The normalized spacial score (nSPS) is 12.4. The fraction of sp³-hybridized carbons (Fsp3) is 0.200. The smallest absolute Gasteiger partial charge is 0.266 e. The van der Waals surface area contributed by atoms with E-state index in [1.165, 1.54) is 17.8 Å². The molecular weight excluding hydrogens is 398 g/mol. The van der Waals surface area contributed by atoms with Crippen molar-refractivity contribution in [2.75, 3.05) is 0 Å². The van der Waals surface area contributed by atoms with Gasteiger partial charge < -0.3 is 4.52 Å². The molecule has 0 aliphatic rings. The van der Waals surface area contributed by atoms with E-state index in [1.54, 1.807) is 24.3 Å². The van der Waals surface area contributed by atoms with Gasteiger partial charge in [-0.3, -0.25) is 9.36 Å². The van der Waals surface area contributed by atoms with Crippen molar-refractivity contribution in [1.82, 2.24) is 19.7 Å². The summed E-state index contributed by atoms with van der Waals surface area (Å²) in [7, 11) is 0. The van der Waals surface area contributed by atoms with Crippen LogP contribution < -0.4 is 5.56 Å². The SMILES string of the molecule is CCc1noc(C(C)Sc2nc3ccccc3c(=O)n2-c2ccc(F)cc2F)n1. The molecule has 0 spiro atoms. The molecule has 2 heterocycles. The fourth-order valence-corrected chi connectivity index (χ4v) is 3.80. The molecule has 2 aromatic carbocycles. The molecule has 0 amide bonds. The molecule has 9 heteroatoms. The van der Waals surface area contributed by atoms with Gasteiger partial charge in [-0.15, -0.1) is 0 Å². The fourth-order valence-electron chi connectivity index (χ4n) is 2.85. The van der Waals surface area contributed by atoms with Crippen LogP contribution in [0, 0.1) is 11.6 Å². The molecule has 4 aromatic rings. The number of aryl methyl sites for hydroxylation is 1. The van der Waals surface area contributed by atoms with Crippen LogP contribution in [0.25, 0.3) is 16.6 Å². The lowest BCUT2D eigenvalue weighted by atomic mass is 10.2. The third-order valence-electron chi connectivity index (χ3n) is 4.33. The van der Waals surface area contributed by atoms with Crippen molar-refractivity contribution in [2.24, 2.45) is 0 Å². The van der Waals surface area contributed by atoms with E-state index in [4.69, 9.17) is 4.52 Å². The third-order valence-corrected chi connectivity index (χ3v) is 5.37. The first-order valence-corrected chi connectivity index (χ1v) is 9.82. The van der Waals surface area contributed by atoms with Gasteiger partial charge in [0.2, 0.25) is 5.89 Å². The standard InChI is InChI=1S/C20H16F2N4O2S/c1-3-17-24-18(28-25-17)11(2)29-20-23-15-7-5-4-6-13(15)19(27)26(20)16-9-8-12(21)10-14(16)22/h4-11H,3H2,1-2H3. The Kier molecular flexibility index (Phi) is 5.14. The Hall–Kier alpha value is -3.07. The van der Waals surface area contributed by atoms with Crippen molar-refractivity contribution in [3.05, 3.63) is 76.2 Å². The van der Waals surface area contributed by atoms with Crippen molar-refractivity contribution in [2.45, 2.75) is 30.7 Å². The molecule has 6 nitrogen and oxygen atoms in total. The lowest BCUT2D eigenvalue weighted by molar-refractivity contribution is 0.375. The van der Waals surface area contributed by atoms with Crippen molar-refractivity contribution in [1.29, 1.82) is 0 Å². The summed E-state index contributed by atoms with van der Waals surface area (Å²) < 4.78 is 34.4. The molecule has 4 rings (SSSR count).